The quantitative estimate of drug-likeness (QED) is 0.712. The van der Waals surface area contributed by atoms with Crippen LogP contribution in [0.15, 0.2) is 23.1 Å². The van der Waals surface area contributed by atoms with Crippen molar-refractivity contribution in [3.63, 3.8) is 0 Å². The molecule has 0 aromatic heterocycles. The molecule has 0 saturated heterocycles. The van der Waals surface area contributed by atoms with Crippen molar-refractivity contribution >= 4 is 16.0 Å². The monoisotopic (exact) mass is 277 g/mol. The van der Waals surface area contributed by atoms with Gasteiger partial charge in [0, 0.05) is 6.54 Å². The minimum absolute atomic E-state index is 0.218. The first-order valence-electron chi connectivity index (χ1n) is 4.94. The second kappa shape index (κ2) is 5.42. The van der Waals surface area contributed by atoms with Crippen LogP contribution in [0.3, 0.4) is 0 Å². The molecule has 0 spiro atoms. The summed E-state index contributed by atoms with van der Waals surface area (Å²) < 4.78 is 38.6. The van der Waals surface area contributed by atoms with E-state index in [2.05, 4.69) is 4.72 Å². The Labute approximate surface area is 103 Å². The molecule has 6 nitrogen and oxygen atoms in total. The second-order valence-electron chi connectivity index (χ2n) is 3.65. The Morgan fingerprint density at radius 2 is 2.11 bits per heavy atom. The van der Waals surface area contributed by atoms with Gasteiger partial charge in [0.05, 0.1) is 16.6 Å². The van der Waals surface area contributed by atoms with Crippen molar-refractivity contribution in [2.75, 3.05) is 6.54 Å². The second-order valence-corrected chi connectivity index (χ2v) is 5.41. The van der Waals surface area contributed by atoms with Crippen molar-refractivity contribution in [2.24, 2.45) is 0 Å². The van der Waals surface area contributed by atoms with Crippen LogP contribution in [0.2, 0.25) is 0 Å². The molecule has 0 aliphatic rings. The molecule has 1 rings (SSSR count). The molecule has 1 aromatic carbocycles. The Kier molecular flexibility index (Phi) is 4.38. The highest BCUT2D eigenvalue weighted by Gasteiger charge is 2.18. The lowest BCUT2D eigenvalue weighted by Gasteiger charge is -2.08. The molecule has 8 heteroatoms. The van der Waals surface area contributed by atoms with Crippen molar-refractivity contribution < 1.29 is 27.8 Å². The fourth-order valence-corrected chi connectivity index (χ4v) is 2.28. The number of carboxylic acid groups (broad SMARTS) is 1. The zero-order valence-electron chi connectivity index (χ0n) is 9.42. The number of hydrogen-bond acceptors (Lipinski definition) is 4. The van der Waals surface area contributed by atoms with Crippen LogP contribution in [0.5, 0.6) is 0 Å². The number of nitrogens with one attached hydrogen (secondary N) is 1. The minimum Gasteiger partial charge on any atom is -0.478 e. The summed E-state index contributed by atoms with van der Waals surface area (Å²) in [5, 5.41) is 17.6. The van der Waals surface area contributed by atoms with Gasteiger partial charge in [0.2, 0.25) is 10.0 Å². The molecule has 0 aliphatic carbocycles. The number of benzene rings is 1. The summed E-state index contributed by atoms with van der Waals surface area (Å²) >= 11 is 0. The van der Waals surface area contributed by atoms with E-state index in [0.717, 1.165) is 12.1 Å². The fourth-order valence-electron chi connectivity index (χ4n) is 1.15. The van der Waals surface area contributed by atoms with Crippen molar-refractivity contribution in [1.82, 2.24) is 4.72 Å². The van der Waals surface area contributed by atoms with E-state index < -0.39 is 38.4 Å². The number of aromatic carboxylic acids is 1. The topological polar surface area (TPSA) is 104 Å². The largest absolute Gasteiger partial charge is 0.478 e. The molecule has 3 N–H and O–H groups in total. The number of carboxylic acids is 1. The van der Waals surface area contributed by atoms with E-state index in [1.165, 1.54) is 6.92 Å². The van der Waals surface area contributed by atoms with Gasteiger partial charge in [-0.2, -0.15) is 0 Å². The van der Waals surface area contributed by atoms with E-state index in [4.69, 9.17) is 10.2 Å². The van der Waals surface area contributed by atoms with Gasteiger partial charge in [-0.1, -0.05) is 0 Å². The zero-order chi connectivity index (χ0) is 13.9. The lowest BCUT2D eigenvalue weighted by molar-refractivity contribution is 0.0691. The van der Waals surface area contributed by atoms with Crippen molar-refractivity contribution in [2.45, 2.75) is 17.9 Å². The van der Waals surface area contributed by atoms with Gasteiger partial charge in [0.15, 0.2) is 0 Å². The maximum absolute atomic E-state index is 13.3. The first kappa shape index (κ1) is 14.6. The molecule has 1 atom stereocenters. The highest BCUT2D eigenvalue weighted by atomic mass is 32.2. The van der Waals surface area contributed by atoms with Gasteiger partial charge in [-0.3, -0.25) is 0 Å². The van der Waals surface area contributed by atoms with Crippen molar-refractivity contribution in [3.8, 4) is 0 Å². The fraction of sp³-hybridized carbons (Fsp3) is 0.300. The molecule has 0 radical (unpaired) electrons. The molecule has 0 amide bonds. The number of halogens is 1. The van der Waals surface area contributed by atoms with Gasteiger partial charge < -0.3 is 10.2 Å². The Bertz CT molecular complexity index is 555. The van der Waals surface area contributed by atoms with Crippen molar-refractivity contribution in [3.05, 3.63) is 29.6 Å². The smallest absolute Gasteiger partial charge is 0.338 e. The first-order chi connectivity index (χ1) is 8.24. The van der Waals surface area contributed by atoms with Crippen LogP contribution in [0, 0.1) is 5.82 Å². The Balaban J connectivity index is 3.04. The van der Waals surface area contributed by atoms with Gasteiger partial charge >= 0.3 is 5.97 Å². The highest BCUT2D eigenvalue weighted by Crippen LogP contribution is 2.14. The number of carbonyl (C=O) groups is 1. The number of aliphatic hydroxyl groups excluding tert-OH is 1. The van der Waals surface area contributed by atoms with E-state index in [1.54, 1.807) is 0 Å². The van der Waals surface area contributed by atoms with Crippen LogP contribution >= 0.6 is 0 Å². The maximum Gasteiger partial charge on any atom is 0.338 e. The molecule has 18 heavy (non-hydrogen) atoms. The number of aliphatic hydroxyl groups is 1. The Morgan fingerprint density at radius 1 is 1.50 bits per heavy atom. The number of hydrogen-bond donors (Lipinski definition) is 3. The predicted molar refractivity (Wildman–Crippen MR) is 60.2 cm³/mol. The van der Waals surface area contributed by atoms with Gasteiger partial charge in [0.25, 0.3) is 0 Å². The number of sulfonamides is 1. The van der Waals surface area contributed by atoms with Crippen LogP contribution in [0.25, 0.3) is 0 Å². The van der Waals surface area contributed by atoms with Crippen molar-refractivity contribution in [1.29, 1.82) is 0 Å². The third-order valence-corrected chi connectivity index (χ3v) is 3.47. The third kappa shape index (κ3) is 3.49. The lowest BCUT2D eigenvalue weighted by atomic mass is 10.2. The van der Waals surface area contributed by atoms with Crippen LogP contribution in [0.4, 0.5) is 4.39 Å². The number of rotatable bonds is 5. The van der Waals surface area contributed by atoms with Gasteiger partial charge in [0.1, 0.15) is 5.82 Å². The van der Waals surface area contributed by atoms with E-state index in [1.807, 2.05) is 0 Å². The summed E-state index contributed by atoms with van der Waals surface area (Å²) in [5.41, 5.74) is -0.607. The summed E-state index contributed by atoms with van der Waals surface area (Å²) in [6, 6.07) is 2.47. The van der Waals surface area contributed by atoms with Crippen LogP contribution in [-0.4, -0.2) is 37.2 Å². The Morgan fingerprint density at radius 3 is 2.56 bits per heavy atom. The molecule has 0 saturated carbocycles. The molecule has 0 aliphatic heterocycles. The van der Waals surface area contributed by atoms with E-state index in [-0.39, 0.29) is 6.54 Å². The summed E-state index contributed by atoms with van der Waals surface area (Å²) in [6.07, 6.45) is -0.886. The molecule has 0 bridgehead atoms. The van der Waals surface area contributed by atoms with Crippen LogP contribution < -0.4 is 4.72 Å². The molecule has 0 unspecified atom stereocenters. The molecule has 1 aromatic rings. The lowest BCUT2D eigenvalue weighted by Crippen LogP contribution is -2.30. The molecular weight excluding hydrogens is 265 g/mol. The van der Waals surface area contributed by atoms with Gasteiger partial charge in [-0.15, -0.1) is 0 Å². The summed E-state index contributed by atoms with van der Waals surface area (Å²) in [7, 11) is -3.96. The normalized spacial score (nSPS) is 13.3. The standard InChI is InChI=1S/C10H12FNO5S/c1-6(13)5-12-18(16,17)7-2-3-8(10(14)15)9(11)4-7/h2-4,6,12-13H,5H2,1H3,(H,14,15)/t6-/m0/s1. The maximum atomic E-state index is 13.3. The van der Waals surface area contributed by atoms with Crippen LogP contribution in [0.1, 0.15) is 17.3 Å². The van der Waals surface area contributed by atoms with E-state index in [9.17, 15) is 17.6 Å². The average Bonchev–Trinajstić information content (AvgIpc) is 2.26. The Hall–Kier alpha value is -1.51. The van der Waals surface area contributed by atoms with Gasteiger partial charge in [-0.25, -0.2) is 22.3 Å². The minimum atomic E-state index is -3.96. The van der Waals surface area contributed by atoms with Gasteiger partial charge in [-0.05, 0) is 25.1 Å². The van der Waals surface area contributed by atoms with E-state index >= 15 is 0 Å². The molecule has 100 valence electrons. The van der Waals surface area contributed by atoms with E-state index in [0.29, 0.717) is 6.07 Å². The predicted octanol–water partition coefficient (Wildman–Crippen LogP) is 0.183. The zero-order valence-corrected chi connectivity index (χ0v) is 10.2. The summed E-state index contributed by atoms with van der Waals surface area (Å²) in [5.74, 6) is -2.61. The highest BCUT2D eigenvalue weighted by molar-refractivity contribution is 7.89. The first-order valence-corrected chi connectivity index (χ1v) is 6.43. The molecule has 0 fully saturated rings. The van der Waals surface area contributed by atoms with Crippen LogP contribution in [-0.2, 0) is 10.0 Å². The SMILES string of the molecule is C[C@H](O)CNS(=O)(=O)c1ccc(C(=O)O)c(F)c1. The average molecular weight is 277 g/mol. The summed E-state index contributed by atoms with van der Waals surface area (Å²) in [6.45, 7) is 1.17. The molecule has 0 heterocycles. The molecular formula is C10H12FNO5S. The summed E-state index contributed by atoms with van der Waals surface area (Å²) in [4.78, 5) is 10.2. The third-order valence-electron chi connectivity index (χ3n) is 2.05.